The Kier molecular flexibility index (Phi) is 5.22. The molecule has 0 amide bonds. The first-order valence-corrected chi connectivity index (χ1v) is 6.31. The molecule has 1 aromatic heterocycles. The number of aromatic nitrogens is 2. The predicted molar refractivity (Wildman–Crippen MR) is 58.0 cm³/mol. The Balaban J connectivity index is 2.61. The molecule has 1 rings (SSSR count). The van der Waals surface area contributed by atoms with E-state index >= 15 is 0 Å². The number of hydrogen-bond donors (Lipinski definition) is 2. The number of nitrogens with one attached hydrogen (secondary N) is 1. The lowest BCUT2D eigenvalue weighted by molar-refractivity contribution is -0.137. The zero-order valence-corrected chi connectivity index (χ0v) is 10.4. The Morgan fingerprint density at radius 2 is 2.28 bits per heavy atom. The molecule has 1 heterocycles. The third-order valence-corrected chi connectivity index (χ3v) is 2.94. The van der Waals surface area contributed by atoms with E-state index in [1.807, 2.05) is 4.89 Å². The molecule has 0 aliphatic rings. The molecule has 0 unspecified atom stereocenters. The molecule has 18 heavy (non-hydrogen) atoms. The van der Waals surface area contributed by atoms with Crippen molar-refractivity contribution in [3.8, 4) is 0 Å². The maximum absolute atomic E-state index is 11.6. The highest BCUT2D eigenvalue weighted by Crippen LogP contribution is 2.06. The van der Waals surface area contributed by atoms with Crippen molar-refractivity contribution in [2.45, 2.75) is 11.4 Å². The van der Waals surface area contributed by atoms with Gasteiger partial charge in [-0.2, -0.15) is 5.10 Å². The van der Waals surface area contributed by atoms with Gasteiger partial charge in [-0.1, -0.05) is 4.89 Å². The van der Waals surface area contributed by atoms with Gasteiger partial charge in [0.1, 0.15) is 11.4 Å². The molecular weight excluding hydrogens is 266 g/mol. The second kappa shape index (κ2) is 6.44. The van der Waals surface area contributed by atoms with Crippen molar-refractivity contribution >= 4 is 16.0 Å². The van der Waals surface area contributed by atoms with Crippen molar-refractivity contribution < 1.29 is 27.9 Å². The summed E-state index contributed by atoms with van der Waals surface area (Å²) in [6.07, 6.45) is 2.13. The average Bonchev–Trinajstić information content (AvgIpc) is 2.73. The van der Waals surface area contributed by atoms with Crippen molar-refractivity contribution in [1.82, 2.24) is 14.7 Å². The Morgan fingerprint density at radius 3 is 2.89 bits per heavy atom. The van der Waals surface area contributed by atoms with Crippen molar-refractivity contribution in [1.29, 1.82) is 0 Å². The summed E-state index contributed by atoms with van der Waals surface area (Å²) >= 11 is 0. The van der Waals surface area contributed by atoms with Gasteiger partial charge in [0.05, 0.1) is 19.4 Å². The third-order valence-electron chi connectivity index (χ3n) is 1.78. The zero-order chi connectivity index (χ0) is 13.6. The summed E-state index contributed by atoms with van der Waals surface area (Å²) in [6.45, 7) is -0.125. The number of carbonyl (C=O) groups is 1. The first-order valence-electron chi connectivity index (χ1n) is 4.82. The van der Waals surface area contributed by atoms with Gasteiger partial charge in [-0.15, -0.1) is 0 Å². The van der Waals surface area contributed by atoms with Gasteiger partial charge >= 0.3 is 5.97 Å². The van der Waals surface area contributed by atoms with E-state index in [2.05, 4.69) is 14.7 Å². The fourth-order valence-electron chi connectivity index (χ4n) is 1.00. The molecule has 0 spiro atoms. The number of aliphatic carboxylic acids is 1. The maximum atomic E-state index is 11.6. The fourth-order valence-corrected chi connectivity index (χ4v) is 1.78. The smallest absolute Gasteiger partial charge is 0.325 e. The fraction of sp³-hybridized carbons (Fsp3) is 0.500. The molecular formula is C8H13N3O6S. The summed E-state index contributed by atoms with van der Waals surface area (Å²) in [5.41, 5.74) is 0. The van der Waals surface area contributed by atoms with Crippen LogP contribution in [0, 0.1) is 0 Å². The van der Waals surface area contributed by atoms with Gasteiger partial charge in [0.2, 0.25) is 0 Å². The highest BCUT2D eigenvalue weighted by atomic mass is 32.2. The van der Waals surface area contributed by atoms with E-state index in [9.17, 15) is 13.2 Å². The van der Waals surface area contributed by atoms with Crippen molar-refractivity contribution in [3.05, 3.63) is 12.4 Å². The van der Waals surface area contributed by atoms with Crippen molar-refractivity contribution in [2.75, 3.05) is 20.3 Å². The monoisotopic (exact) mass is 279 g/mol. The van der Waals surface area contributed by atoms with Crippen LogP contribution in [0.2, 0.25) is 0 Å². The Hall–Kier alpha value is -1.49. The number of rotatable bonds is 8. The number of hydrogen-bond acceptors (Lipinski definition) is 6. The summed E-state index contributed by atoms with van der Waals surface area (Å²) in [5.74, 6) is -1.12. The summed E-state index contributed by atoms with van der Waals surface area (Å²) in [4.78, 5) is 16.8. The number of carboxylic acids is 1. The third kappa shape index (κ3) is 4.41. The van der Waals surface area contributed by atoms with E-state index < -0.39 is 22.5 Å². The molecule has 0 fully saturated rings. The molecule has 0 saturated heterocycles. The SMILES string of the molecule is COCCONS(=O)(=O)c1cnn(CC(=O)O)c1. The number of nitrogens with zero attached hydrogens (tertiary/aromatic N) is 2. The number of ether oxygens (including phenoxy) is 1. The molecule has 0 aliphatic heterocycles. The van der Waals surface area contributed by atoms with Gasteiger partial charge < -0.3 is 9.84 Å². The molecule has 0 aromatic carbocycles. The highest BCUT2D eigenvalue weighted by Gasteiger charge is 2.17. The Bertz CT molecular complexity index is 497. The predicted octanol–water partition coefficient (Wildman–Crippen LogP) is -1.18. The van der Waals surface area contributed by atoms with Crippen LogP contribution in [0.3, 0.4) is 0 Å². The molecule has 1 aromatic rings. The molecule has 0 bridgehead atoms. The lowest BCUT2D eigenvalue weighted by Crippen LogP contribution is -2.25. The lowest BCUT2D eigenvalue weighted by atomic mass is 10.6. The summed E-state index contributed by atoms with van der Waals surface area (Å²) in [5, 5.41) is 12.1. The number of sulfonamides is 1. The van der Waals surface area contributed by atoms with Gasteiger partial charge in [0.15, 0.2) is 0 Å². The molecule has 102 valence electrons. The molecule has 2 N–H and O–H groups in total. The van der Waals surface area contributed by atoms with E-state index in [1.165, 1.54) is 7.11 Å². The molecule has 9 nitrogen and oxygen atoms in total. The molecule has 0 radical (unpaired) electrons. The number of carboxylic acid groups (broad SMARTS) is 1. The molecule has 0 aliphatic carbocycles. The first kappa shape index (κ1) is 14.6. The van der Waals surface area contributed by atoms with Crippen molar-refractivity contribution in [3.63, 3.8) is 0 Å². The van der Waals surface area contributed by atoms with E-state index in [-0.39, 0.29) is 18.1 Å². The van der Waals surface area contributed by atoms with E-state index in [0.717, 1.165) is 17.1 Å². The molecule has 10 heteroatoms. The van der Waals surface area contributed by atoms with Gasteiger partial charge in [-0.05, 0) is 0 Å². The summed E-state index contributed by atoms with van der Waals surface area (Å²) < 4.78 is 28.9. The van der Waals surface area contributed by atoms with Crippen LogP contribution in [0.4, 0.5) is 0 Å². The van der Waals surface area contributed by atoms with Gasteiger partial charge in [0.25, 0.3) is 10.0 Å². The van der Waals surface area contributed by atoms with E-state index in [0.29, 0.717) is 0 Å². The minimum Gasteiger partial charge on any atom is -0.480 e. The standard InChI is InChI=1S/C8H13N3O6S/c1-16-2-3-17-10-18(14,15)7-4-9-11(5-7)6-8(12)13/h4-5,10H,2-3,6H2,1H3,(H,12,13). The molecule has 0 saturated carbocycles. The topological polar surface area (TPSA) is 120 Å². The average molecular weight is 279 g/mol. The van der Waals surface area contributed by atoms with Crippen LogP contribution in [0.1, 0.15) is 0 Å². The normalized spacial score (nSPS) is 11.6. The summed E-state index contributed by atoms with van der Waals surface area (Å²) in [7, 11) is -2.41. The maximum Gasteiger partial charge on any atom is 0.325 e. The Labute approximate surface area is 103 Å². The van der Waals surface area contributed by atoms with Crippen LogP contribution < -0.4 is 4.89 Å². The largest absolute Gasteiger partial charge is 0.480 e. The summed E-state index contributed by atoms with van der Waals surface area (Å²) in [6, 6.07) is 0. The van der Waals surface area contributed by atoms with Crippen LogP contribution in [0.15, 0.2) is 17.3 Å². The molecule has 0 atom stereocenters. The van der Waals surface area contributed by atoms with Crippen LogP contribution in [0.5, 0.6) is 0 Å². The highest BCUT2D eigenvalue weighted by molar-refractivity contribution is 7.89. The van der Waals surface area contributed by atoms with Crippen LogP contribution in [0.25, 0.3) is 0 Å². The second-order valence-corrected chi connectivity index (χ2v) is 4.84. The Morgan fingerprint density at radius 1 is 1.56 bits per heavy atom. The van der Waals surface area contributed by atoms with E-state index in [1.54, 1.807) is 0 Å². The van der Waals surface area contributed by atoms with Gasteiger partial charge in [-0.3, -0.25) is 14.3 Å². The minimum atomic E-state index is -3.86. The van der Waals surface area contributed by atoms with Crippen LogP contribution in [-0.4, -0.2) is 49.6 Å². The van der Waals surface area contributed by atoms with Crippen LogP contribution >= 0.6 is 0 Å². The quantitative estimate of drug-likeness (QED) is 0.454. The second-order valence-electron chi connectivity index (χ2n) is 3.20. The van der Waals surface area contributed by atoms with Crippen molar-refractivity contribution in [2.24, 2.45) is 0 Å². The van der Waals surface area contributed by atoms with Crippen LogP contribution in [-0.2, 0) is 30.9 Å². The zero-order valence-electron chi connectivity index (χ0n) is 9.57. The van der Waals surface area contributed by atoms with Gasteiger partial charge in [-0.25, -0.2) is 8.42 Å². The minimum absolute atomic E-state index is 0.0546. The first-order chi connectivity index (χ1) is 8.45. The van der Waals surface area contributed by atoms with Gasteiger partial charge in [0, 0.05) is 13.3 Å². The van der Waals surface area contributed by atoms with E-state index in [4.69, 9.17) is 5.11 Å². The lowest BCUT2D eigenvalue weighted by Gasteiger charge is -2.04. The number of methoxy groups -OCH3 is 1.